The van der Waals surface area contributed by atoms with Crippen LogP contribution in [0.2, 0.25) is 0 Å². The van der Waals surface area contributed by atoms with Gasteiger partial charge in [0.25, 0.3) is 6.43 Å². The van der Waals surface area contributed by atoms with Gasteiger partial charge in [-0.1, -0.05) is 0 Å². The van der Waals surface area contributed by atoms with Crippen molar-refractivity contribution in [1.29, 1.82) is 0 Å². The summed E-state index contributed by atoms with van der Waals surface area (Å²) in [7, 11) is 0. The smallest absolute Gasteiger partial charge is 0.337 e. The van der Waals surface area contributed by atoms with Crippen LogP contribution in [0, 0.1) is 0 Å². The van der Waals surface area contributed by atoms with Crippen LogP contribution in [-0.2, 0) is 0 Å². The molecule has 0 amide bonds. The first-order chi connectivity index (χ1) is 6.02. The van der Waals surface area contributed by atoms with Crippen molar-refractivity contribution < 1.29 is 18.7 Å². The summed E-state index contributed by atoms with van der Waals surface area (Å²) in [5.74, 6) is -1.49. The van der Waals surface area contributed by atoms with Crippen LogP contribution < -0.4 is 5.56 Å². The molecule has 1 aromatic heterocycles. The van der Waals surface area contributed by atoms with E-state index in [2.05, 4.69) is 0 Å². The van der Waals surface area contributed by atoms with E-state index < -0.39 is 29.1 Å². The largest absolute Gasteiger partial charge is 0.478 e. The van der Waals surface area contributed by atoms with Crippen molar-refractivity contribution in [3.8, 4) is 0 Å². The van der Waals surface area contributed by atoms with Crippen molar-refractivity contribution in [3.05, 3.63) is 33.7 Å². The van der Waals surface area contributed by atoms with Gasteiger partial charge in [0.05, 0.1) is 5.56 Å². The Morgan fingerprint density at radius 1 is 1.54 bits per heavy atom. The zero-order chi connectivity index (χ0) is 10.0. The van der Waals surface area contributed by atoms with Gasteiger partial charge in [0, 0.05) is 17.8 Å². The summed E-state index contributed by atoms with van der Waals surface area (Å²) in [6.45, 7) is 0. The van der Waals surface area contributed by atoms with Gasteiger partial charge < -0.3 is 10.1 Å². The Hall–Kier alpha value is -1.72. The Morgan fingerprint density at radius 3 is 2.62 bits per heavy atom. The maximum atomic E-state index is 12.2. The van der Waals surface area contributed by atoms with Gasteiger partial charge in [0.15, 0.2) is 0 Å². The molecule has 0 aliphatic carbocycles. The number of pyridine rings is 1. The standard InChI is InChI=1S/C7H5F2NO3/c8-6(9)3-1-5(11)10-2-4(3)7(12)13/h1-2,6H,(H,10,11)(H,12,13). The lowest BCUT2D eigenvalue weighted by Gasteiger charge is -2.02. The molecule has 0 unspecified atom stereocenters. The highest BCUT2D eigenvalue weighted by molar-refractivity contribution is 5.89. The van der Waals surface area contributed by atoms with Crippen LogP contribution >= 0.6 is 0 Å². The van der Waals surface area contributed by atoms with Crippen LogP contribution in [-0.4, -0.2) is 16.1 Å². The SMILES string of the molecule is O=C(O)c1c[nH]c(=O)cc1C(F)F. The normalized spacial score (nSPS) is 10.4. The summed E-state index contributed by atoms with van der Waals surface area (Å²) in [5.41, 5.74) is -2.11. The summed E-state index contributed by atoms with van der Waals surface area (Å²) in [6, 6.07) is 0.577. The second-order valence-electron chi connectivity index (χ2n) is 2.27. The van der Waals surface area contributed by atoms with E-state index in [-0.39, 0.29) is 0 Å². The second-order valence-corrected chi connectivity index (χ2v) is 2.27. The molecule has 1 heterocycles. The Balaban J connectivity index is 3.35. The topological polar surface area (TPSA) is 70.2 Å². The lowest BCUT2D eigenvalue weighted by Crippen LogP contribution is -2.12. The number of carboxylic acid groups (broad SMARTS) is 1. The predicted octanol–water partition coefficient (Wildman–Crippen LogP) is 1.01. The Labute approximate surface area is 70.8 Å². The first kappa shape index (κ1) is 9.37. The molecule has 13 heavy (non-hydrogen) atoms. The van der Waals surface area contributed by atoms with E-state index in [1.165, 1.54) is 0 Å². The molecule has 0 saturated heterocycles. The summed E-state index contributed by atoms with van der Waals surface area (Å²) >= 11 is 0. The molecular weight excluding hydrogens is 184 g/mol. The zero-order valence-corrected chi connectivity index (χ0v) is 6.25. The van der Waals surface area contributed by atoms with Crippen molar-refractivity contribution in [2.45, 2.75) is 6.43 Å². The van der Waals surface area contributed by atoms with Crippen LogP contribution in [0.5, 0.6) is 0 Å². The summed E-state index contributed by atoms with van der Waals surface area (Å²) in [6.07, 6.45) is -2.21. The number of carbonyl (C=O) groups is 1. The maximum absolute atomic E-state index is 12.2. The van der Waals surface area contributed by atoms with Gasteiger partial charge in [-0.15, -0.1) is 0 Å². The van der Waals surface area contributed by atoms with Crippen LogP contribution in [0.15, 0.2) is 17.1 Å². The van der Waals surface area contributed by atoms with E-state index in [4.69, 9.17) is 5.11 Å². The molecule has 70 valence electrons. The average molecular weight is 189 g/mol. The molecule has 1 aromatic rings. The fourth-order valence-electron chi connectivity index (χ4n) is 0.853. The highest BCUT2D eigenvalue weighted by atomic mass is 19.3. The van der Waals surface area contributed by atoms with Gasteiger partial charge in [-0.05, 0) is 0 Å². The molecule has 4 nitrogen and oxygen atoms in total. The second kappa shape index (κ2) is 3.34. The van der Waals surface area contributed by atoms with E-state index in [1.54, 1.807) is 0 Å². The van der Waals surface area contributed by atoms with Gasteiger partial charge >= 0.3 is 5.97 Å². The van der Waals surface area contributed by atoms with Crippen LogP contribution in [0.3, 0.4) is 0 Å². The van der Waals surface area contributed by atoms with Gasteiger partial charge in [-0.2, -0.15) is 0 Å². The average Bonchev–Trinajstić information content (AvgIpc) is 2.03. The molecule has 2 N–H and O–H groups in total. The Bertz CT molecular complexity index is 386. The number of aromatic carboxylic acids is 1. The summed E-state index contributed by atoms with van der Waals surface area (Å²) < 4.78 is 24.3. The molecule has 0 atom stereocenters. The monoisotopic (exact) mass is 189 g/mol. The molecule has 0 aromatic carbocycles. The van der Waals surface area contributed by atoms with Crippen molar-refractivity contribution in [1.82, 2.24) is 4.98 Å². The van der Waals surface area contributed by atoms with E-state index in [9.17, 15) is 18.4 Å². The lowest BCUT2D eigenvalue weighted by molar-refractivity contribution is 0.0684. The highest BCUT2D eigenvalue weighted by Gasteiger charge is 2.17. The van der Waals surface area contributed by atoms with Crippen LogP contribution in [0.1, 0.15) is 22.3 Å². The molecule has 0 saturated carbocycles. The molecule has 1 rings (SSSR count). The van der Waals surface area contributed by atoms with Crippen molar-refractivity contribution in [2.24, 2.45) is 0 Å². The predicted molar refractivity (Wildman–Crippen MR) is 39.0 cm³/mol. The molecule has 0 fully saturated rings. The molecule has 0 radical (unpaired) electrons. The number of aromatic nitrogens is 1. The Kier molecular flexibility index (Phi) is 2.41. The summed E-state index contributed by atoms with van der Waals surface area (Å²) in [4.78, 5) is 23.0. The third-order valence-electron chi connectivity index (χ3n) is 1.42. The fraction of sp³-hybridized carbons (Fsp3) is 0.143. The van der Waals surface area contributed by atoms with E-state index in [0.29, 0.717) is 6.07 Å². The number of alkyl halides is 2. The first-order valence-corrected chi connectivity index (χ1v) is 3.26. The molecular formula is C7H5F2NO3. The van der Waals surface area contributed by atoms with E-state index in [1.807, 2.05) is 4.98 Å². The number of carboxylic acids is 1. The fourth-order valence-corrected chi connectivity index (χ4v) is 0.853. The molecule has 0 bridgehead atoms. The minimum absolute atomic E-state index is 0.577. The van der Waals surface area contributed by atoms with Gasteiger partial charge in [-0.3, -0.25) is 4.79 Å². The minimum Gasteiger partial charge on any atom is -0.478 e. The first-order valence-electron chi connectivity index (χ1n) is 3.26. The maximum Gasteiger partial charge on any atom is 0.337 e. The number of hydrogen-bond donors (Lipinski definition) is 2. The van der Waals surface area contributed by atoms with Gasteiger partial charge in [0.2, 0.25) is 5.56 Å². The number of aromatic amines is 1. The highest BCUT2D eigenvalue weighted by Crippen LogP contribution is 2.20. The van der Waals surface area contributed by atoms with Crippen LogP contribution in [0.4, 0.5) is 8.78 Å². The van der Waals surface area contributed by atoms with Crippen molar-refractivity contribution in [2.75, 3.05) is 0 Å². The quantitative estimate of drug-likeness (QED) is 0.729. The number of rotatable bonds is 2. The lowest BCUT2D eigenvalue weighted by atomic mass is 10.1. The third-order valence-corrected chi connectivity index (χ3v) is 1.42. The number of halogens is 2. The van der Waals surface area contributed by atoms with Crippen molar-refractivity contribution in [3.63, 3.8) is 0 Å². The number of H-pyrrole nitrogens is 1. The molecule has 0 spiro atoms. The third kappa shape index (κ3) is 1.90. The van der Waals surface area contributed by atoms with E-state index >= 15 is 0 Å². The van der Waals surface area contributed by atoms with Gasteiger partial charge in [-0.25, -0.2) is 13.6 Å². The number of hydrogen-bond acceptors (Lipinski definition) is 2. The Morgan fingerprint density at radius 2 is 2.15 bits per heavy atom. The van der Waals surface area contributed by atoms with Crippen LogP contribution in [0.25, 0.3) is 0 Å². The van der Waals surface area contributed by atoms with E-state index in [0.717, 1.165) is 6.20 Å². The molecule has 0 aliphatic heterocycles. The van der Waals surface area contributed by atoms with Gasteiger partial charge in [0.1, 0.15) is 0 Å². The van der Waals surface area contributed by atoms with Crippen molar-refractivity contribution >= 4 is 5.97 Å². The summed E-state index contributed by atoms with van der Waals surface area (Å²) in [5, 5.41) is 8.45. The molecule has 6 heteroatoms. The minimum atomic E-state index is -2.96. The number of nitrogens with one attached hydrogen (secondary N) is 1. The molecule has 0 aliphatic rings. The zero-order valence-electron chi connectivity index (χ0n) is 6.25.